The Morgan fingerprint density at radius 3 is 2.67 bits per heavy atom. The van der Waals surface area contributed by atoms with Gasteiger partial charge in [-0.25, -0.2) is 0 Å². The van der Waals surface area contributed by atoms with E-state index in [1.54, 1.807) is 19.2 Å². The number of amides is 1. The molecule has 6 heteroatoms. The lowest BCUT2D eigenvalue weighted by atomic mass is 10.1. The molecule has 0 bridgehead atoms. The van der Waals surface area contributed by atoms with Crippen molar-refractivity contribution in [3.05, 3.63) is 59.2 Å². The van der Waals surface area contributed by atoms with E-state index in [4.69, 9.17) is 9.15 Å². The number of methoxy groups -OCH3 is 1. The molecule has 122 valence electrons. The molecule has 0 aliphatic rings. The first-order valence-corrected chi connectivity index (χ1v) is 7.44. The summed E-state index contributed by atoms with van der Waals surface area (Å²) in [6.45, 7) is 3.86. The van der Waals surface area contributed by atoms with Gasteiger partial charge in [0.25, 0.3) is 11.8 Å². The zero-order chi connectivity index (χ0) is 17.1. The van der Waals surface area contributed by atoms with E-state index in [1.165, 1.54) is 0 Å². The number of aromatic nitrogens is 2. The molecule has 1 aromatic heterocycles. The van der Waals surface area contributed by atoms with Gasteiger partial charge in [-0.05, 0) is 37.6 Å². The molecular formula is C18H17N3O3. The fraction of sp³-hybridized carbons (Fsp3) is 0.167. The van der Waals surface area contributed by atoms with Crippen molar-refractivity contribution >= 4 is 11.9 Å². The van der Waals surface area contributed by atoms with Crippen LogP contribution in [0.15, 0.2) is 46.9 Å². The number of aryl methyl sites for hydroxylation is 2. The standard InChI is InChI=1S/C18H17N3O3/c1-11-8-9-13(12(2)10-11)16(22)19-18-21-20-17(24-18)14-6-4-5-7-15(14)23-3/h4-10H,1-3H3,(H,19,21,22). The van der Waals surface area contributed by atoms with Crippen molar-refractivity contribution in [3.63, 3.8) is 0 Å². The van der Waals surface area contributed by atoms with Gasteiger partial charge in [0.1, 0.15) is 5.75 Å². The number of nitrogens with zero attached hydrogens (tertiary/aromatic N) is 2. The molecular weight excluding hydrogens is 306 g/mol. The predicted molar refractivity (Wildman–Crippen MR) is 90.2 cm³/mol. The van der Waals surface area contributed by atoms with Gasteiger partial charge in [0, 0.05) is 5.56 Å². The third kappa shape index (κ3) is 3.12. The van der Waals surface area contributed by atoms with Gasteiger partial charge in [0.15, 0.2) is 0 Å². The SMILES string of the molecule is COc1ccccc1-c1nnc(NC(=O)c2ccc(C)cc2C)o1. The summed E-state index contributed by atoms with van der Waals surface area (Å²) in [5, 5.41) is 10.5. The van der Waals surface area contributed by atoms with Gasteiger partial charge >= 0.3 is 6.01 Å². The molecule has 3 rings (SSSR count). The van der Waals surface area contributed by atoms with Crippen LogP contribution in [-0.4, -0.2) is 23.2 Å². The first kappa shape index (κ1) is 15.7. The van der Waals surface area contributed by atoms with Crippen LogP contribution in [0.5, 0.6) is 5.75 Å². The predicted octanol–water partition coefficient (Wildman–Crippen LogP) is 3.61. The third-order valence-corrected chi connectivity index (χ3v) is 3.61. The molecule has 0 unspecified atom stereocenters. The van der Waals surface area contributed by atoms with Gasteiger partial charge in [-0.3, -0.25) is 10.1 Å². The molecule has 1 heterocycles. The molecule has 0 saturated heterocycles. The number of anilines is 1. The normalized spacial score (nSPS) is 10.5. The monoisotopic (exact) mass is 323 g/mol. The quantitative estimate of drug-likeness (QED) is 0.793. The van der Waals surface area contributed by atoms with Crippen molar-refractivity contribution in [3.8, 4) is 17.2 Å². The second-order valence-electron chi connectivity index (χ2n) is 5.39. The molecule has 0 atom stereocenters. The van der Waals surface area contributed by atoms with Crippen molar-refractivity contribution in [2.45, 2.75) is 13.8 Å². The Labute approximate surface area is 139 Å². The van der Waals surface area contributed by atoms with Gasteiger partial charge < -0.3 is 9.15 Å². The second-order valence-corrected chi connectivity index (χ2v) is 5.39. The molecule has 0 aliphatic heterocycles. The lowest BCUT2D eigenvalue weighted by molar-refractivity contribution is 0.102. The number of carbonyl (C=O) groups excluding carboxylic acids is 1. The summed E-state index contributed by atoms with van der Waals surface area (Å²) in [4.78, 5) is 12.4. The maximum Gasteiger partial charge on any atom is 0.322 e. The van der Waals surface area contributed by atoms with Gasteiger partial charge in [-0.2, -0.15) is 0 Å². The molecule has 1 N–H and O–H groups in total. The minimum atomic E-state index is -0.289. The Morgan fingerprint density at radius 2 is 1.92 bits per heavy atom. The van der Waals surface area contributed by atoms with E-state index in [0.717, 1.165) is 11.1 Å². The van der Waals surface area contributed by atoms with Crippen LogP contribution >= 0.6 is 0 Å². The lowest BCUT2D eigenvalue weighted by Crippen LogP contribution is -2.13. The van der Waals surface area contributed by atoms with Crippen LogP contribution in [0.4, 0.5) is 6.01 Å². The smallest absolute Gasteiger partial charge is 0.322 e. The maximum atomic E-state index is 12.4. The molecule has 3 aromatic rings. The molecule has 1 amide bonds. The van der Waals surface area contributed by atoms with Gasteiger partial charge in [0.2, 0.25) is 0 Å². The number of carbonyl (C=O) groups is 1. The highest BCUT2D eigenvalue weighted by atomic mass is 16.5. The Bertz CT molecular complexity index is 887. The first-order chi connectivity index (χ1) is 11.6. The number of para-hydroxylation sites is 1. The fourth-order valence-corrected chi connectivity index (χ4v) is 2.44. The highest BCUT2D eigenvalue weighted by Gasteiger charge is 2.16. The number of nitrogens with one attached hydrogen (secondary N) is 1. The highest BCUT2D eigenvalue weighted by Crippen LogP contribution is 2.29. The summed E-state index contributed by atoms with van der Waals surface area (Å²) < 4.78 is 10.8. The van der Waals surface area contributed by atoms with E-state index in [9.17, 15) is 4.79 Å². The van der Waals surface area contributed by atoms with Gasteiger partial charge in [-0.1, -0.05) is 34.9 Å². The summed E-state index contributed by atoms with van der Waals surface area (Å²) in [5.41, 5.74) is 3.22. The van der Waals surface area contributed by atoms with Crippen LogP contribution in [0.3, 0.4) is 0 Å². The van der Waals surface area contributed by atoms with Crippen molar-refractivity contribution in [2.75, 3.05) is 12.4 Å². The summed E-state index contributed by atoms with van der Waals surface area (Å²) in [6.07, 6.45) is 0. The van der Waals surface area contributed by atoms with Crippen molar-refractivity contribution in [1.29, 1.82) is 0 Å². The molecule has 0 aliphatic carbocycles. The molecule has 0 saturated carbocycles. The van der Waals surface area contributed by atoms with E-state index < -0.39 is 0 Å². The van der Waals surface area contributed by atoms with Gasteiger partial charge in [-0.15, -0.1) is 5.10 Å². The second kappa shape index (κ2) is 6.54. The number of hydrogen-bond donors (Lipinski definition) is 1. The Balaban J connectivity index is 1.82. The van der Waals surface area contributed by atoms with Crippen molar-refractivity contribution in [2.24, 2.45) is 0 Å². The molecule has 6 nitrogen and oxygen atoms in total. The summed E-state index contributed by atoms with van der Waals surface area (Å²) in [5.74, 6) is 0.611. The Hall–Kier alpha value is -3.15. The van der Waals surface area contributed by atoms with Gasteiger partial charge in [0.05, 0.1) is 12.7 Å². The number of rotatable bonds is 4. The average Bonchev–Trinajstić information content (AvgIpc) is 3.03. The summed E-state index contributed by atoms with van der Waals surface area (Å²) in [7, 11) is 1.57. The highest BCUT2D eigenvalue weighted by molar-refractivity contribution is 6.04. The van der Waals surface area contributed by atoms with Crippen LogP contribution in [-0.2, 0) is 0 Å². The van der Waals surface area contributed by atoms with E-state index in [0.29, 0.717) is 16.9 Å². The van der Waals surface area contributed by atoms with E-state index in [-0.39, 0.29) is 17.8 Å². The van der Waals surface area contributed by atoms with Crippen molar-refractivity contribution < 1.29 is 13.9 Å². The van der Waals surface area contributed by atoms with E-state index in [2.05, 4.69) is 15.5 Å². The zero-order valence-electron chi connectivity index (χ0n) is 13.7. The molecule has 0 radical (unpaired) electrons. The Morgan fingerprint density at radius 1 is 1.12 bits per heavy atom. The molecule has 0 fully saturated rings. The first-order valence-electron chi connectivity index (χ1n) is 7.44. The largest absolute Gasteiger partial charge is 0.496 e. The van der Waals surface area contributed by atoms with E-state index in [1.807, 2.05) is 44.2 Å². The third-order valence-electron chi connectivity index (χ3n) is 3.61. The van der Waals surface area contributed by atoms with Crippen LogP contribution in [0.2, 0.25) is 0 Å². The zero-order valence-corrected chi connectivity index (χ0v) is 13.7. The number of ether oxygens (including phenoxy) is 1. The van der Waals surface area contributed by atoms with Crippen LogP contribution in [0.1, 0.15) is 21.5 Å². The van der Waals surface area contributed by atoms with Crippen molar-refractivity contribution in [1.82, 2.24) is 10.2 Å². The molecule has 0 spiro atoms. The maximum absolute atomic E-state index is 12.4. The molecule has 24 heavy (non-hydrogen) atoms. The lowest BCUT2D eigenvalue weighted by Gasteiger charge is -2.05. The summed E-state index contributed by atoms with van der Waals surface area (Å²) >= 11 is 0. The number of benzene rings is 2. The van der Waals surface area contributed by atoms with Crippen LogP contribution < -0.4 is 10.1 Å². The van der Waals surface area contributed by atoms with E-state index >= 15 is 0 Å². The minimum absolute atomic E-state index is 0.0425. The fourth-order valence-electron chi connectivity index (χ4n) is 2.44. The Kier molecular flexibility index (Phi) is 4.29. The van der Waals surface area contributed by atoms with Crippen LogP contribution in [0, 0.1) is 13.8 Å². The summed E-state index contributed by atoms with van der Waals surface area (Å²) in [6, 6.07) is 12.9. The molecule has 2 aromatic carbocycles. The number of hydrogen-bond acceptors (Lipinski definition) is 5. The minimum Gasteiger partial charge on any atom is -0.496 e. The topological polar surface area (TPSA) is 77.3 Å². The van der Waals surface area contributed by atoms with Crippen LogP contribution in [0.25, 0.3) is 11.5 Å². The average molecular weight is 323 g/mol.